The first-order valence-corrected chi connectivity index (χ1v) is 5.20. The maximum atomic E-state index is 12.0. The molecule has 0 aliphatic carbocycles. The summed E-state index contributed by atoms with van der Waals surface area (Å²) in [6, 6.07) is 0. The molecule has 2 aromatic rings. The monoisotopic (exact) mass is 224 g/mol. The van der Waals surface area contributed by atoms with Gasteiger partial charge >= 0.3 is 0 Å². The van der Waals surface area contributed by atoms with Gasteiger partial charge in [-0.3, -0.25) is 14.0 Å². The van der Waals surface area contributed by atoms with Crippen molar-refractivity contribution in [1.29, 1.82) is 0 Å². The molecule has 2 rings (SSSR count). The Bertz CT molecular complexity index is 607. The normalized spacial score (nSPS) is 11.1. The number of nitrogens with one attached hydrogen (secondary N) is 1. The first-order chi connectivity index (χ1) is 7.15. The summed E-state index contributed by atoms with van der Waals surface area (Å²) in [4.78, 5) is 15.0. The molecule has 0 amide bonds. The molecule has 0 bridgehead atoms. The van der Waals surface area contributed by atoms with Gasteiger partial charge < -0.3 is 4.98 Å². The molecule has 0 radical (unpaired) electrons. The van der Waals surface area contributed by atoms with E-state index in [2.05, 4.69) is 10.1 Å². The van der Waals surface area contributed by atoms with Gasteiger partial charge in [-0.15, -0.1) is 0 Å². The zero-order chi connectivity index (χ0) is 11.0. The van der Waals surface area contributed by atoms with E-state index in [0.29, 0.717) is 22.3 Å². The Balaban J connectivity index is 2.88. The molecular formula is C9H12N4OS. The highest BCUT2D eigenvalue weighted by molar-refractivity contribution is 7.71. The minimum absolute atomic E-state index is 0.0735. The predicted molar refractivity (Wildman–Crippen MR) is 60.4 cm³/mol. The fourth-order valence-corrected chi connectivity index (χ4v) is 1.90. The zero-order valence-electron chi connectivity index (χ0n) is 8.65. The summed E-state index contributed by atoms with van der Waals surface area (Å²) < 4.78 is 3.59. The molecule has 0 fully saturated rings. The van der Waals surface area contributed by atoms with Gasteiger partial charge in [-0.1, -0.05) is 6.92 Å². The molecular weight excluding hydrogens is 212 g/mol. The fourth-order valence-electron chi connectivity index (χ4n) is 1.61. The van der Waals surface area contributed by atoms with Crippen molar-refractivity contribution < 1.29 is 0 Å². The maximum absolute atomic E-state index is 12.0. The number of aromatic amines is 1. The van der Waals surface area contributed by atoms with Crippen LogP contribution in [0.5, 0.6) is 0 Å². The van der Waals surface area contributed by atoms with E-state index in [1.807, 2.05) is 6.92 Å². The van der Waals surface area contributed by atoms with E-state index >= 15 is 0 Å². The summed E-state index contributed by atoms with van der Waals surface area (Å²) in [7, 11) is 1.75. The van der Waals surface area contributed by atoms with Crippen molar-refractivity contribution in [3.8, 4) is 0 Å². The van der Waals surface area contributed by atoms with Crippen molar-refractivity contribution in [2.24, 2.45) is 7.05 Å². The number of nitrogens with zero attached hydrogens (tertiary/aromatic N) is 3. The Morgan fingerprint density at radius 2 is 2.33 bits per heavy atom. The molecule has 1 N–H and O–H groups in total. The fraction of sp³-hybridized carbons (Fsp3) is 0.444. The van der Waals surface area contributed by atoms with Crippen LogP contribution in [0.25, 0.3) is 11.0 Å². The van der Waals surface area contributed by atoms with Crippen molar-refractivity contribution in [1.82, 2.24) is 19.3 Å². The third kappa shape index (κ3) is 1.50. The molecule has 0 unspecified atom stereocenters. The number of fused-ring (bicyclic) bond motifs is 1. The van der Waals surface area contributed by atoms with E-state index in [1.54, 1.807) is 22.5 Å². The highest BCUT2D eigenvalue weighted by Gasteiger charge is 2.08. The number of aryl methyl sites for hydroxylation is 1. The Hall–Kier alpha value is -1.43. The molecule has 0 saturated heterocycles. The summed E-state index contributed by atoms with van der Waals surface area (Å²) in [5.74, 6) is 0. The second-order valence-corrected chi connectivity index (χ2v) is 3.80. The lowest BCUT2D eigenvalue weighted by Crippen LogP contribution is -2.23. The number of hydrogen-bond donors (Lipinski definition) is 1. The second kappa shape index (κ2) is 3.62. The molecule has 0 saturated carbocycles. The quantitative estimate of drug-likeness (QED) is 0.780. The molecule has 0 aliphatic heterocycles. The molecule has 0 spiro atoms. The van der Waals surface area contributed by atoms with Gasteiger partial charge in [0, 0.05) is 13.6 Å². The van der Waals surface area contributed by atoms with Crippen LogP contribution in [0.4, 0.5) is 0 Å². The van der Waals surface area contributed by atoms with Crippen LogP contribution in [-0.4, -0.2) is 19.3 Å². The molecule has 2 aromatic heterocycles. The molecule has 80 valence electrons. The molecule has 0 atom stereocenters. The molecule has 5 nitrogen and oxygen atoms in total. The van der Waals surface area contributed by atoms with Crippen molar-refractivity contribution in [3.05, 3.63) is 21.3 Å². The highest BCUT2D eigenvalue weighted by atomic mass is 32.1. The van der Waals surface area contributed by atoms with E-state index in [1.165, 1.54) is 0 Å². The predicted octanol–water partition coefficient (Wildman–Crippen LogP) is 1.20. The lowest BCUT2D eigenvalue weighted by atomic mass is 10.4. The van der Waals surface area contributed by atoms with Crippen LogP contribution in [0.1, 0.15) is 13.3 Å². The standard InChI is InChI=1S/C9H12N4OS/c1-3-4-13-8(14)7-6(11-9(13)15)5-10-12(7)2/h5H,3-4H2,1-2H3,(H,11,15). The maximum Gasteiger partial charge on any atom is 0.280 e. The van der Waals surface area contributed by atoms with Gasteiger partial charge in [0.15, 0.2) is 4.77 Å². The Morgan fingerprint density at radius 1 is 1.60 bits per heavy atom. The summed E-state index contributed by atoms with van der Waals surface area (Å²) in [5, 5.41) is 4.02. The van der Waals surface area contributed by atoms with Gasteiger partial charge in [-0.25, -0.2) is 0 Å². The average molecular weight is 224 g/mol. The van der Waals surface area contributed by atoms with Crippen LogP contribution < -0.4 is 5.56 Å². The van der Waals surface area contributed by atoms with Gasteiger partial charge in [-0.05, 0) is 18.6 Å². The number of hydrogen-bond acceptors (Lipinski definition) is 3. The van der Waals surface area contributed by atoms with Gasteiger partial charge in [0.05, 0.1) is 11.7 Å². The Kier molecular flexibility index (Phi) is 2.44. The zero-order valence-corrected chi connectivity index (χ0v) is 9.47. The van der Waals surface area contributed by atoms with E-state index < -0.39 is 0 Å². The first kappa shape index (κ1) is 10.1. The number of aromatic nitrogens is 4. The van der Waals surface area contributed by atoms with Crippen LogP contribution in [0.2, 0.25) is 0 Å². The summed E-state index contributed by atoms with van der Waals surface area (Å²) in [6.07, 6.45) is 2.49. The molecule has 0 aromatic carbocycles. The van der Waals surface area contributed by atoms with E-state index in [0.717, 1.165) is 6.42 Å². The third-order valence-electron chi connectivity index (χ3n) is 2.32. The smallest absolute Gasteiger partial charge is 0.280 e. The lowest BCUT2D eigenvalue weighted by Gasteiger charge is -2.04. The lowest BCUT2D eigenvalue weighted by molar-refractivity contribution is 0.633. The molecule has 2 heterocycles. The molecule has 6 heteroatoms. The van der Waals surface area contributed by atoms with E-state index in [4.69, 9.17) is 12.2 Å². The largest absolute Gasteiger partial charge is 0.329 e. The summed E-state index contributed by atoms with van der Waals surface area (Å²) in [5.41, 5.74) is 1.19. The van der Waals surface area contributed by atoms with Gasteiger partial charge in [0.2, 0.25) is 0 Å². The van der Waals surface area contributed by atoms with Crippen molar-refractivity contribution in [3.63, 3.8) is 0 Å². The van der Waals surface area contributed by atoms with Gasteiger partial charge in [-0.2, -0.15) is 5.10 Å². The third-order valence-corrected chi connectivity index (χ3v) is 2.64. The van der Waals surface area contributed by atoms with E-state index in [-0.39, 0.29) is 5.56 Å². The molecule has 0 aliphatic rings. The van der Waals surface area contributed by atoms with Crippen LogP contribution in [-0.2, 0) is 13.6 Å². The summed E-state index contributed by atoms with van der Waals surface area (Å²) in [6.45, 7) is 2.64. The SMILES string of the molecule is CCCn1c(=S)[nH]c2cnn(C)c2c1=O. The first-order valence-electron chi connectivity index (χ1n) is 4.80. The topological polar surface area (TPSA) is 55.6 Å². The van der Waals surface area contributed by atoms with Crippen LogP contribution in [0.15, 0.2) is 11.0 Å². The Labute approximate surface area is 91.3 Å². The van der Waals surface area contributed by atoms with Crippen LogP contribution >= 0.6 is 12.2 Å². The highest BCUT2D eigenvalue weighted by Crippen LogP contribution is 2.04. The van der Waals surface area contributed by atoms with Gasteiger partial charge in [0.25, 0.3) is 5.56 Å². The Morgan fingerprint density at radius 3 is 3.00 bits per heavy atom. The van der Waals surface area contributed by atoms with Gasteiger partial charge in [0.1, 0.15) is 5.52 Å². The number of rotatable bonds is 2. The minimum atomic E-state index is -0.0735. The van der Waals surface area contributed by atoms with E-state index in [9.17, 15) is 4.79 Å². The van der Waals surface area contributed by atoms with Crippen LogP contribution in [0, 0.1) is 4.77 Å². The number of H-pyrrole nitrogens is 1. The van der Waals surface area contributed by atoms with Crippen LogP contribution in [0.3, 0.4) is 0 Å². The average Bonchev–Trinajstić information content (AvgIpc) is 2.54. The minimum Gasteiger partial charge on any atom is -0.329 e. The summed E-state index contributed by atoms with van der Waals surface area (Å²) >= 11 is 5.11. The van der Waals surface area contributed by atoms with Crippen molar-refractivity contribution >= 4 is 23.3 Å². The van der Waals surface area contributed by atoms with Crippen molar-refractivity contribution in [2.75, 3.05) is 0 Å². The molecule has 15 heavy (non-hydrogen) atoms. The van der Waals surface area contributed by atoms with Crippen molar-refractivity contribution in [2.45, 2.75) is 19.9 Å². The second-order valence-electron chi connectivity index (χ2n) is 3.42.